The molecule has 0 spiro atoms. The Morgan fingerprint density at radius 2 is 1.68 bits per heavy atom. The summed E-state index contributed by atoms with van der Waals surface area (Å²) in [6, 6.07) is 1.65. The summed E-state index contributed by atoms with van der Waals surface area (Å²) < 4.78 is 0. The Balaban J connectivity index is 1.82. The molecule has 1 aliphatic heterocycles. The fraction of sp³-hybridized carbons (Fsp3) is 0.562. The van der Waals surface area contributed by atoms with Gasteiger partial charge in [0.25, 0.3) is 0 Å². The summed E-state index contributed by atoms with van der Waals surface area (Å²) in [6.07, 6.45) is 3.46. The Bertz CT molecular complexity index is 1430. The molecule has 1 saturated heterocycles. The van der Waals surface area contributed by atoms with Crippen molar-refractivity contribution >= 4 is 46.5 Å². The molecular weight excluding hydrogens is 610 g/mol. The molecule has 15 nitrogen and oxygen atoms in total. The van der Waals surface area contributed by atoms with Crippen LogP contribution in [0.15, 0.2) is 30.5 Å². The maximum atomic E-state index is 14.0. The number of benzene rings is 1. The van der Waals surface area contributed by atoms with E-state index in [9.17, 15) is 33.9 Å². The molecule has 47 heavy (non-hydrogen) atoms. The van der Waals surface area contributed by atoms with Crippen LogP contribution >= 0.6 is 0 Å². The van der Waals surface area contributed by atoms with Gasteiger partial charge in [0.05, 0.1) is 12.5 Å². The molecule has 0 bridgehead atoms. The lowest BCUT2D eigenvalue weighted by molar-refractivity contribution is -0.145. The largest absolute Gasteiger partial charge is 0.481 e. The zero-order valence-corrected chi connectivity index (χ0v) is 26.9. The highest BCUT2D eigenvalue weighted by atomic mass is 16.4. The molecule has 10 N–H and O–H groups in total. The van der Waals surface area contributed by atoms with Crippen LogP contribution in [0.4, 0.5) is 0 Å². The number of nitrogens with two attached hydrogens (primary N) is 2. The SMILES string of the molecule is CC(C)C[C@H](NC(=O)[C@H](Cc1c[nH]c2ccccc12)NC(=O)[C@@H](N)CC(=O)O)C(=O)N1CCC[C@H]1C(=O)N[C@@H](CCCCN)C(=O)O. The monoisotopic (exact) mass is 657 g/mol. The fourth-order valence-electron chi connectivity index (χ4n) is 5.78. The maximum absolute atomic E-state index is 14.0. The maximum Gasteiger partial charge on any atom is 0.326 e. The van der Waals surface area contributed by atoms with Gasteiger partial charge in [0.1, 0.15) is 24.2 Å². The van der Waals surface area contributed by atoms with Crippen molar-refractivity contribution in [2.45, 2.75) is 95.4 Å². The number of aromatic nitrogens is 1. The van der Waals surface area contributed by atoms with Gasteiger partial charge in [-0.05, 0) is 62.6 Å². The van der Waals surface area contributed by atoms with Crippen LogP contribution in [-0.4, -0.2) is 99.0 Å². The molecule has 258 valence electrons. The number of aliphatic carboxylic acids is 2. The Morgan fingerprint density at radius 3 is 2.34 bits per heavy atom. The van der Waals surface area contributed by atoms with E-state index in [-0.39, 0.29) is 31.7 Å². The van der Waals surface area contributed by atoms with Crippen molar-refractivity contribution in [3.8, 4) is 0 Å². The number of unbranched alkanes of at least 4 members (excludes halogenated alkanes) is 1. The zero-order chi connectivity index (χ0) is 34.7. The summed E-state index contributed by atoms with van der Waals surface area (Å²) >= 11 is 0. The second-order valence-electron chi connectivity index (χ2n) is 12.4. The lowest BCUT2D eigenvalue weighted by Crippen LogP contribution is -2.59. The second-order valence-corrected chi connectivity index (χ2v) is 12.4. The van der Waals surface area contributed by atoms with E-state index in [1.807, 2.05) is 38.1 Å². The summed E-state index contributed by atoms with van der Waals surface area (Å²) in [7, 11) is 0. The zero-order valence-electron chi connectivity index (χ0n) is 26.9. The summed E-state index contributed by atoms with van der Waals surface area (Å²) in [4.78, 5) is 81.4. The van der Waals surface area contributed by atoms with Gasteiger partial charge in [-0.15, -0.1) is 0 Å². The van der Waals surface area contributed by atoms with Gasteiger partial charge in [-0.1, -0.05) is 32.0 Å². The third-order valence-electron chi connectivity index (χ3n) is 8.18. The highest BCUT2D eigenvalue weighted by Crippen LogP contribution is 2.22. The van der Waals surface area contributed by atoms with E-state index < -0.39 is 72.2 Å². The number of hydrogen-bond acceptors (Lipinski definition) is 8. The first-order valence-electron chi connectivity index (χ1n) is 16.0. The number of amides is 4. The van der Waals surface area contributed by atoms with Crippen LogP contribution in [0.3, 0.4) is 0 Å². The molecule has 1 aromatic carbocycles. The minimum atomic E-state index is -1.41. The van der Waals surface area contributed by atoms with Gasteiger partial charge in [-0.25, -0.2) is 4.79 Å². The molecule has 1 aromatic heterocycles. The van der Waals surface area contributed by atoms with Gasteiger partial charge in [0, 0.05) is 30.1 Å². The number of carbonyl (C=O) groups excluding carboxylic acids is 4. The van der Waals surface area contributed by atoms with Crippen molar-refractivity contribution in [1.29, 1.82) is 0 Å². The molecule has 2 aromatic rings. The normalized spacial score (nSPS) is 17.1. The first-order chi connectivity index (χ1) is 22.3. The molecule has 3 rings (SSSR count). The number of carbonyl (C=O) groups is 6. The third-order valence-corrected chi connectivity index (χ3v) is 8.18. The Hall–Kier alpha value is -4.50. The summed E-state index contributed by atoms with van der Waals surface area (Å²) in [6.45, 7) is 4.38. The molecule has 0 aliphatic carbocycles. The summed E-state index contributed by atoms with van der Waals surface area (Å²) in [5, 5.41) is 27.4. The van der Waals surface area contributed by atoms with Gasteiger partial charge in [-0.3, -0.25) is 24.0 Å². The predicted octanol–water partition coefficient (Wildman–Crippen LogP) is 0.218. The molecule has 0 radical (unpaired) electrons. The Kier molecular flexibility index (Phi) is 13.7. The van der Waals surface area contributed by atoms with E-state index >= 15 is 0 Å². The molecule has 0 saturated carbocycles. The van der Waals surface area contributed by atoms with Crippen LogP contribution in [-0.2, 0) is 35.2 Å². The molecule has 15 heteroatoms. The molecule has 4 amide bonds. The minimum Gasteiger partial charge on any atom is -0.481 e. The molecular formula is C32H47N7O8. The van der Waals surface area contributed by atoms with E-state index in [0.29, 0.717) is 37.8 Å². The minimum absolute atomic E-state index is 0.0133. The number of carboxylic acids is 2. The van der Waals surface area contributed by atoms with Gasteiger partial charge in [0.15, 0.2) is 0 Å². The van der Waals surface area contributed by atoms with Crippen LogP contribution < -0.4 is 27.4 Å². The van der Waals surface area contributed by atoms with E-state index in [1.165, 1.54) is 4.90 Å². The quantitative estimate of drug-likeness (QED) is 0.101. The van der Waals surface area contributed by atoms with Crippen LogP contribution in [0, 0.1) is 5.92 Å². The van der Waals surface area contributed by atoms with Gasteiger partial charge < -0.3 is 47.5 Å². The lowest BCUT2D eigenvalue weighted by atomic mass is 9.99. The number of H-pyrrole nitrogens is 1. The van der Waals surface area contributed by atoms with Gasteiger partial charge in [0.2, 0.25) is 23.6 Å². The number of fused-ring (bicyclic) bond motifs is 1. The summed E-state index contributed by atoms with van der Waals surface area (Å²) in [5.41, 5.74) is 12.8. The number of aromatic amines is 1. The Morgan fingerprint density at radius 1 is 0.979 bits per heavy atom. The molecule has 2 heterocycles. The van der Waals surface area contributed by atoms with Crippen molar-refractivity contribution in [3.63, 3.8) is 0 Å². The van der Waals surface area contributed by atoms with Gasteiger partial charge >= 0.3 is 11.9 Å². The highest BCUT2D eigenvalue weighted by molar-refractivity contribution is 5.96. The molecule has 1 aliphatic rings. The van der Waals surface area contributed by atoms with Crippen molar-refractivity contribution in [2.75, 3.05) is 13.1 Å². The third kappa shape index (κ3) is 10.5. The molecule has 5 atom stereocenters. The lowest BCUT2D eigenvalue weighted by Gasteiger charge is -2.31. The fourth-order valence-corrected chi connectivity index (χ4v) is 5.78. The topological polar surface area (TPSA) is 250 Å². The predicted molar refractivity (Wildman–Crippen MR) is 173 cm³/mol. The van der Waals surface area contributed by atoms with E-state index in [2.05, 4.69) is 20.9 Å². The smallest absolute Gasteiger partial charge is 0.326 e. The number of carboxylic acid groups (broad SMARTS) is 2. The van der Waals surface area contributed by atoms with E-state index in [0.717, 1.165) is 10.9 Å². The average molecular weight is 658 g/mol. The van der Waals surface area contributed by atoms with E-state index in [4.69, 9.17) is 16.6 Å². The number of likely N-dealkylation sites (tertiary alicyclic amines) is 1. The van der Waals surface area contributed by atoms with Crippen molar-refractivity contribution < 1.29 is 39.0 Å². The second kappa shape index (κ2) is 17.4. The van der Waals surface area contributed by atoms with Crippen molar-refractivity contribution in [1.82, 2.24) is 25.8 Å². The number of rotatable bonds is 18. The standard InChI is InChI=1S/C32H47N7O8/c1-18(2)14-25(31(45)39-13-7-11-26(39)30(44)36-23(32(46)47)10-5-6-12-33)38-29(43)24(37-28(42)21(34)16-27(40)41)15-19-17-35-22-9-4-3-8-20(19)22/h3-4,8-9,17-18,21,23-26,35H,5-7,10-16,33-34H2,1-2H3,(H,36,44)(H,37,42)(H,38,43)(H,40,41)(H,46,47)/t21-,23-,24-,25-,26-/m0/s1. The number of nitrogens with one attached hydrogen (secondary N) is 4. The van der Waals surface area contributed by atoms with Crippen molar-refractivity contribution in [3.05, 3.63) is 36.0 Å². The highest BCUT2D eigenvalue weighted by Gasteiger charge is 2.39. The molecule has 0 unspecified atom stereocenters. The van der Waals surface area contributed by atoms with Crippen LogP contribution in [0.1, 0.15) is 64.4 Å². The molecule has 1 fully saturated rings. The average Bonchev–Trinajstić information content (AvgIpc) is 3.66. The van der Waals surface area contributed by atoms with Crippen LogP contribution in [0.2, 0.25) is 0 Å². The first-order valence-corrected chi connectivity index (χ1v) is 16.0. The number of nitrogens with zero attached hydrogens (tertiary/aromatic N) is 1. The van der Waals surface area contributed by atoms with Gasteiger partial charge in [-0.2, -0.15) is 0 Å². The summed E-state index contributed by atoms with van der Waals surface area (Å²) in [5.74, 6) is -5.11. The van der Waals surface area contributed by atoms with Crippen molar-refractivity contribution in [2.24, 2.45) is 17.4 Å². The van der Waals surface area contributed by atoms with Crippen LogP contribution in [0.5, 0.6) is 0 Å². The number of para-hydroxylation sites is 1. The first kappa shape index (κ1) is 37.0. The van der Waals surface area contributed by atoms with E-state index in [1.54, 1.807) is 6.20 Å². The number of hydrogen-bond donors (Lipinski definition) is 8. The van der Waals surface area contributed by atoms with Crippen LogP contribution in [0.25, 0.3) is 10.9 Å². The Labute approximate surface area is 273 Å².